The Bertz CT molecular complexity index is 381. The van der Waals surface area contributed by atoms with Crippen LogP contribution in [-0.4, -0.2) is 11.5 Å². The largest absolute Gasteiger partial charge is 0.396 e. The Hall–Kier alpha value is -0.770. The monoisotopic (exact) mass is 295 g/mol. The molecule has 1 aromatic rings. The van der Waals surface area contributed by atoms with Gasteiger partial charge in [-0.15, -0.1) is 0 Å². The lowest BCUT2D eigenvalue weighted by Gasteiger charge is -2.18. The van der Waals surface area contributed by atoms with Crippen LogP contribution in [0.5, 0.6) is 0 Å². The van der Waals surface area contributed by atoms with Crippen LogP contribution in [0.15, 0.2) is 16.9 Å². The van der Waals surface area contributed by atoms with Crippen LogP contribution in [0.2, 0.25) is 0 Å². The molecular weight excluding hydrogens is 278 g/mol. The number of aromatic nitrogens is 1. The predicted octanol–water partition coefficient (Wildman–Crippen LogP) is 3.27. The maximum Gasteiger partial charge on any atom is 0.0750 e. The summed E-state index contributed by atoms with van der Waals surface area (Å²) in [4.78, 5) is 4.05. The summed E-state index contributed by atoms with van der Waals surface area (Å²) in [5, 5.41) is 3.51. The molecule has 2 saturated carbocycles. The van der Waals surface area contributed by atoms with Crippen LogP contribution in [0.25, 0.3) is 0 Å². The lowest BCUT2D eigenvalue weighted by atomic mass is 9.98. The Labute approximate surface area is 110 Å². The first-order chi connectivity index (χ1) is 8.25. The van der Waals surface area contributed by atoms with E-state index in [1.807, 2.05) is 0 Å². The van der Waals surface area contributed by atoms with Gasteiger partial charge in [0.2, 0.25) is 0 Å². The van der Waals surface area contributed by atoms with E-state index in [0.29, 0.717) is 0 Å². The molecule has 0 bridgehead atoms. The SMILES string of the molecule is Nc1cncc(Br)c1NCC(C1CC1)C1CC1. The maximum atomic E-state index is 5.94. The van der Waals surface area contributed by atoms with Gasteiger partial charge in [-0.2, -0.15) is 0 Å². The quantitative estimate of drug-likeness (QED) is 0.876. The Morgan fingerprint density at radius 2 is 1.94 bits per heavy atom. The van der Waals surface area contributed by atoms with Crippen LogP contribution in [0.1, 0.15) is 25.7 Å². The normalized spacial score (nSPS) is 19.6. The molecule has 3 nitrogen and oxygen atoms in total. The molecule has 17 heavy (non-hydrogen) atoms. The minimum Gasteiger partial charge on any atom is -0.396 e. The summed E-state index contributed by atoms with van der Waals surface area (Å²) in [6.45, 7) is 1.06. The molecule has 1 aromatic heterocycles. The molecule has 92 valence electrons. The van der Waals surface area contributed by atoms with Gasteiger partial charge in [-0.25, -0.2) is 0 Å². The highest BCUT2D eigenvalue weighted by Gasteiger charge is 2.41. The number of nitrogens with two attached hydrogens (primary N) is 1. The first-order valence-electron chi connectivity index (χ1n) is 6.38. The molecule has 0 saturated heterocycles. The zero-order valence-electron chi connectivity index (χ0n) is 9.82. The summed E-state index contributed by atoms with van der Waals surface area (Å²) in [6, 6.07) is 0. The van der Waals surface area contributed by atoms with Crippen molar-refractivity contribution in [2.45, 2.75) is 25.7 Å². The van der Waals surface area contributed by atoms with E-state index in [9.17, 15) is 0 Å². The second-order valence-corrected chi connectivity index (χ2v) is 6.16. The minimum atomic E-state index is 0.727. The van der Waals surface area contributed by atoms with Crippen LogP contribution >= 0.6 is 15.9 Å². The summed E-state index contributed by atoms with van der Waals surface area (Å²) in [5.74, 6) is 2.79. The van der Waals surface area contributed by atoms with E-state index in [2.05, 4.69) is 26.2 Å². The summed E-state index contributed by atoms with van der Waals surface area (Å²) < 4.78 is 0.961. The van der Waals surface area contributed by atoms with Gasteiger partial charge in [0.1, 0.15) is 0 Å². The molecule has 1 heterocycles. The van der Waals surface area contributed by atoms with Crippen molar-refractivity contribution in [3.05, 3.63) is 16.9 Å². The standard InChI is InChI=1S/C13H18BrN3/c14-11-6-16-7-12(15)13(11)17-5-10(8-1-2-8)9-3-4-9/h6-10H,1-5,15H2,(H,16,17). The van der Waals surface area contributed by atoms with Crippen molar-refractivity contribution in [3.8, 4) is 0 Å². The first kappa shape index (κ1) is 11.3. The summed E-state index contributed by atoms with van der Waals surface area (Å²) >= 11 is 3.50. The van der Waals surface area contributed by atoms with E-state index < -0.39 is 0 Å². The van der Waals surface area contributed by atoms with Crippen molar-refractivity contribution < 1.29 is 0 Å². The third-order valence-corrected chi connectivity index (χ3v) is 4.50. The third kappa shape index (κ3) is 2.57. The van der Waals surface area contributed by atoms with Gasteiger partial charge in [-0.1, -0.05) is 0 Å². The van der Waals surface area contributed by atoms with Crippen molar-refractivity contribution in [3.63, 3.8) is 0 Å². The molecule has 0 radical (unpaired) electrons. The van der Waals surface area contributed by atoms with Crippen molar-refractivity contribution in [1.29, 1.82) is 0 Å². The van der Waals surface area contributed by atoms with Crippen LogP contribution in [0.3, 0.4) is 0 Å². The minimum absolute atomic E-state index is 0.727. The van der Waals surface area contributed by atoms with E-state index in [1.165, 1.54) is 25.7 Å². The zero-order valence-corrected chi connectivity index (χ0v) is 11.4. The Balaban J connectivity index is 1.66. The lowest BCUT2D eigenvalue weighted by molar-refractivity contribution is 0.428. The predicted molar refractivity (Wildman–Crippen MR) is 73.8 cm³/mol. The fraction of sp³-hybridized carbons (Fsp3) is 0.615. The van der Waals surface area contributed by atoms with E-state index in [4.69, 9.17) is 5.73 Å². The van der Waals surface area contributed by atoms with Crippen molar-refractivity contribution in [1.82, 2.24) is 4.98 Å². The first-order valence-corrected chi connectivity index (χ1v) is 7.18. The number of hydrogen-bond donors (Lipinski definition) is 2. The molecule has 4 heteroatoms. The number of nitrogen functional groups attached to an aromatic ring is 1. The van der Waals surface area contributed by atoms with E-state index >= 15 is 0 Å². The maximum absolute atomic E-state index is 5.94. The number of anilines is 2. The summed E-state index contributed by atoms with van der Waals surface area (Å²) in [7, 11) is 0. The van der Waals surface area contributed by atoms with Crippen LogP contribution in [0.4, 0.5) is 11.4 Å². The molecule has 2 aliphatic rings. The highest BCUT2D eigenvalue weighted by Crippen LogP contribution is 2.49. The number of nitrogens with zero attached hydrogens (tertiary/aromatic N) is 1. The molecular formula is C13H18BrN3. The summed E-state index contributed by atoms with van der Waals surface area (Å²) in [6.07, 6.45) is 9.20. The average Bonchev–Trinajstić information content (AvgIpc) is 3.15. The number of rotatable bonds is 5. The van der Waals surface area contributed by atoms with E-state index in [0.717, 1.165) is 40.1 Å². The molecule has 2 fully saturated rings. The number of hydrogen-bond acceptors (Lipinski definition) is 3. The number of pyridine rings is 1. The molecule has 0 aromatic carbocycles. The molecule has 3 rings (SSSR count). The topological polar surface area (TPSA) is 50.9 Å². The number of halogens is 1. The van der Waals surface area contributed by atoms with Gasteiger partial charge in [0, 0.05) is 12.7 Å². The van der Waals surface area contributed by atoms with Crippen LogP contribution in [-0.2, 0) is 0 Å². The van der Waals surface area contributed by atoms with Gasteiger partial charge in [-0.3, -0.25) is 4.98 Å². The van der Waals surface area contributed by atoms with Gasteiger partial charge in [0.25, 0.3) is 0 Å². The Morgan fingerprint density at radius 3 is 2.47 bits per heavy atom. The summed E-state index contributed by atoms with van der Waals surface area (Å²) in [5.41, 5.74) is 7.67. The van der Waals surface area contributed by atoms with Crippen molar-refractivity contribution >= 4 is 27.3 Å². The molecule has 0 atom stereocenters. The van der Waals surface area contributed by atoms with Crippen LogP contribution < -0.4 is 11.1 Å². The van der Waals surface area contributed by atoms with Gasteiger partial charge in [0.15, 0.2) is 0 Å². The third-order valence-electron chi connectivity index (χ3n) is 3.90. The fourth-order valence-electron chi connectivity index (χ4n) is 2.62. The van der Waals surface area contributed by atoms with Gasteiger partial charge < -0.3 is 11.1 Å². The second-order valence-electron chi connectivity index (χ2n) is 5.31. The average molecular weight is 296 g/mol. The Kier molecular flexibility index (Phi) is 2.99. The molecule has 0 aliphatic heterocycles. The van der Waals surface area contributed by atoms with Gasteiger partial charge in [-0.05, 0) is 59.4 Å². The molecule has 0 unspecified atom stereocenters. The van der Waals surface area contributed by atoms with Crippen molar-refractivity contribution in [2.75, 3.05) is 17.6 Å². The zero-order chi connectivity index (χ0) is 11.8. The van der Waals surface area contributed by atoms with E-state index in [-0.39, 0.29) is 0 Å². The second kappa shape index (κ2) is 4.48. The van der Waals surface area contributed by atoms with E-state index in [1.54, 1.807) is 12.4 Å². The Morgan fingerprint density at radius 1 is 1.29 bits per heavy atom. The van der Waals surface area contributed by atoms with Gasteiger partial charge in [0.05, 0.1) is 22.0 Å². The lowest BCUT2D eigenvalue weighted by Crippen LogP contribution is -2.19. The van der Waals surface area contributed by atoms with Crippen molar-refractivity contribution in [2.24, 2.45) is 17.8 Å². The van der Waals surface area contributed by atoms with Gasteiger partial charge >= 0.3 is 0 Å². The smallest absolute Gasteiger partial charge is 0.0750 e. The molecule has 2 aliphatic carbocycles. The highest BCUT2D eigenvalue weighted by molar-refractivity contribution is 9.10. The molecule has 3 N–H and O–H groups in total. The molecule has 0 amide bonds. The van der Waals surface area contributed by atoms with Crippen LogP contribution in [0, 0.1) is 17.8 Å². The number of nitrogens with one attached hydrogen (secondary N) is 1. The fourth-order valence-corrected chi connectivity index (χ4v) is 3.11. The molecule has 0 spiro atoms. The highest BCUT2D eigenvalue weighted by atomic mass is 79.9.